The summed E-state index contributed by atoms with van der Waals surface area (Å²) in [5.74, 6) is -3.76. The van der Waals surface area contributed by atoms with Gasteiger partial charge in [-0.15, -0.1) is 0 Å². The second kappa shape index (κ2) is 13.6. The molecule has 3 unspecified atom stereocenters. The monoisotopic (exact) mass is 521 g/mol. The van der Waals surface area contributed by atoms with Crippen LogP contribution in [0.3, 0.4) is 0 Å². The predicted octanol–water partition coefficient (Wildman–Crippen LogP) is 4.38. The molecule has 0 aromatic heterocycles. The SMILES string of the molecule is CC(C)C(=O)O[C@@H](C)CC(N)(Cc1ccc(OC(=O)C(C)C(C)C)c(OC(=O)C(C)C(C)C)c1)C(=O)O. The van der Waals surface area contributed by atoms with Crippen LogP contribution in [0.15, 0.2) is 18.2 Å². The van der Waals surface area contributed by atoms with Gasteiger partial charge in [0.15, 0.2) is 11.5 Å². The third kappa shape index (κ3) is 9.46. The number of carboxylic acids is 1. The molecule has 0 saturated heterocycles. The fourth-order valence-electron chi connectivity index (χ4n) is 3.26. The van der Waals surface area contributed by atoms with Gasteiger partial charge in [0.05, 0.1) is 17.8 Å². The quantitative estimate of drug-likeness (QED) is 0.285. The molecule has 0 saturated carbocycles. The van der Waals surface area contributed by atoms with Gasteiger partial charge >= 0.3 is 23.9 Å². The highest BCUT2D eigenvalue weighted by Gasteiger charge is 2.37. The second-order valence-electron chi connectivity index (χ2n) is 10.9. The number of aliphatic carboxylic acids is 1. The number of hydrogen-bond acceptors (Lipinski definition) is 8. The number of nitrogens with two attached hydrogens (primary N) is 1. The lowest BCUT2D eigenvalue weighted by molar-refractivity contribution is -0.156. The first-order valence-corrected chi connectivity index (χ1v) is 12.8. The predicted molar refractivity (Wildman–Crippen MR) is 139 cm³/mol. The highest BCUT2D eigenvalue weighted by Crippen LogP contribution is 2.33. The molecule has 1 rings (SSSR count). The molecule has 0 aliphatic rings. The number of ether oxygens (including phenoxy) is 3. The molecule has 3 N–H and O–H groups in total. The largest absolute Gasteiger partial charge is 0.480 e. The Morgan fingerprint density at radius 2 is 1.30 bits per heavy atom. The van der Waals surface area contributed by atoms with Crippen LogP contribution in [0.5, 0.6) is 11.5 Å². The topological polar surface area (TPSA) is 142 Å². The molecule has 0 spiro atoms. The smallest absolute Gasteiger partial charge is 0.324 e. The lowest BCUT2D eigenvalue weighted by atomic mass is 9.86. The zero-order valence-corrected chi connectivity index (χ0v) is 23.5. The van der Waals surface area contributed by atoms with Crippen molar-refractivity contribution >= 4 is 23.9 Å². The van der Waals surface area contributed by atoms with Crippen LogP contribution in [-0.2, 0) is 30.3 Å². The highest BCUT2D eigenvalue weighted by molar-refractivity contribution is 5.80. The Hall–Kier alpha value is -2.94. The van der Waals surface area contributed by atoms with Gasteiger partial charge in [-0.3, -0.25) is 19.2 Å². The van der Waals surface area contributed by atoms with E-state index in [0.717, 1.165) is 0 Å². The molecule has 4 atom stereocenters. The summed E-state index contributed by atoms with van der Waals surface area (Å²) < 4.78 is 16.5. The Labute approximate surface area is 220 Å². The van der Waals surface area contributed by atoms with Crippen molar-refractivity contribution in [3.63, 3.8) is 0 Å². The first kappa shape index (κ1) is 32.1. The molecular weight excluding hydrogens is 478 g/mol. The summed E-state index contributed by atoms with van der Waals surface area (Å²) in [4.78, 5) is 49.4. The summed E-state index contributed by atoms with van der Waals surface area (Å²) in [7, 11) is 0. The minimum Gasteiger partial charge on any atom is -0.480 e. The number of rotatable bonds is 13. The van der Waals surface area contributed by atoms with Crippen LogP contribution in [-0.4, -0.2) is 40.6 Å². The maximum absolute atomic E-state index is 12.7. The third-order valence-corrected chi connectivity index (χ3v) is 6.56. The molecule has 37 heavy (non-hydrogen) atoms. The first-order valence-electron chi connectivity index (χ1n) is 12.8. The summed E-state index contributed by atoms with van der Waals surface area (Å²) in [5.41, 5.74) is 4.95. The average molecular weight is 522 g/mol. The van der Waals surface area contributed by atoms with Crippen LogP contribution < -0.4 is 15.2 Å². The molecule has 0 bridgehead atoms. The van der Waals surface area contributed by atoms with Crippen LogP contribution in [0, 0.1) is 29.6 Å². The fraction of sp³-hybridized carbons (Fsp3) is 0.643. The minimum absolute atomic E-state index is 0.00586. The van der Waals surface area contributed by atoms with Gasteiger partial charge in [0.1, 0.15) is 11.6 Å². The lowest BCUT2D eigenvalue weighted by Gasteiger charge is -2.28. The van der Waals surface area contributed by atoms with Gasteiger partial charge in [-0.1, -0.05) is 61.5 Å². The number of hydrogen-bond donors (Lipinski definition) is 2. The molecule has 9 heteroatoms. The minimum atomic E-state index is -1.77. The van der Waals surface area contributed by atoms with Gasteiger partial charge in [-0.2, -0.15) is 0 Å². The van der Waals surface area contributed by atoms with Crippen molar-refractivity contribution in [1.82, 2.24) is 0 Å². The second-order valence-corrected chi connectivity index (χ2v) is 10.9. The summed E-state index contributed by atoms with van der Waals surface area (Å²) in [5, 5.41) is 9.90. The van der Waals surface area contributed by atoms with Crippen molar-refractivity contribution < 1.29 is 38.5 Å². The van der Waals surface area contributed by atoms with E-state index in [0.29, 0.717) is 5.56 Å². The number of carboxylic acid groups (broad SMARTS) is 1. The molecule has 0 aliphatic heterocycles. The number of carbonyl (C=O) groups excluding carboxylic acids is 3. The lowest BCUT2D eigenvalue weighted by Crippen LogP contribution is -2.52. The van der Waals surface area contributed by atoms with E-state index < -0.39 is 47.4 Å². The van der Waals surface area contributed by atoms with Crippen molar-refractivity contribution in [2.75, 3.05) is 0 Å². The van der Waals surface area contributed by atoms with Gasteiger partial charge in [0.25, 0.3) is 0 Å². The Kier molecular flexibility index (Phi) is 11.8. The van der Waals surface area contributed by atoms with Crippen molar-refractivity contribution in [3.05, 3.63) is 23.8 Å². The van der Waals surface area contributed by atoms with Gasteiger partial charge in [-0.05, 0) is 36.5 Å². The molecule has 9 nitrogen and oxygen atoms in total. The fourth-order valence-corrected chi connectivity index (χ4v) is 3.26. The summed E-state index contributed by atoms with van der Waals surface area (Å²) in [6, 6.07) is 4.50. The molecule has 1 aromatic carbocycles. The van der Waals surface area contributed by atoms with Crippen LogP contribution in [0.4, 0.5) is 0 Å². The summed E-state index contributed by atoms with van der Waals surface area (Å²) in [6.45, 7) is 16.0. The number of esters is 3. The van der Waals surface area contributed by atoms with E-state index in [1.807, 2.05) is 27.7 Å². The normalized spacial score (nSPS) is 15.6. The number of carbonyl (C=O) groups is 4. The Bertz CT molecular complexity index is 971. The average Bonchev–Trinajstić information content (AvgIpc) is 2.78. The van der Waals surface area contributed by atoms with Crippen LogP contribution >= 0.6 is 0 Å². The van der Waals surface area contributed by atoms with Crippen molar-refractivity contribution in [1.29, 1.82) is 0 Å². The Morgan fingerprint density at radius 1 is 0.811 bits per heavy atom. The van der Waals surface area contributed by atoms with E-state index in [1.165, 1.54) is 12.1 Å². The molecule has 0 fully saturated rings. The van der Waals surface area contributed by atoms with E-state index in [-0.39, 0.29) is 42.1 Å². The molecule has 0 radical (unpaired) electrons. The van der Waals surface area contributed by atoms with Crippen LogP contribution in [0.2, 0.25) is 0 Å². The first-order chi connectivity index (χ1) is 17.0. The molecule has 0 heterocycles. The van der Waals surface area contributed by atoms with E-state index in [4.69, 9.17) is 19.9 Å². The standard InChI is InChI=1S/C28H43NO8/c1-15(2)19(8)25(31)36-22-11-10-21(12-23(22)37-26(32)20(9)16(3)4)14-28(29,27(33)34)13-18(7)35-24(30)17(5)6/h10-12,15-20H,13-14,29H2,1-9H3,(H,33,34)/t18-,19?,20?,28?/m0/s1. The number of benzene rings is 1. The molecule has 0 amide bonds. The zero-order valence-electron chi connectivity index (χ0n) is 23.5. The van der Waals surface area contributed by atoms with Crippen molar-refractivity contribution in [2.24, 2.45) is 35.3 Å². The molecule has 1 aromatic rings. The summed E-state index contributed by atoms with van der Waals surface area (Å²) in [6.07, 6.45) is -1.02. The van der Waals surface area contributed by atoms with Crippen LogP contribution in [0.1, 0.15) is 74.3 Å². The van der Waals surface area contributed by atoms with E-state index in [1.54, 1.807) is 40.7 Å². The maximum Gasteiger partial charge on any atom is 0.324 e. The Morgan fingerprint density at radius 3 is 1.73 bits per heavy atom. The zero-order chi connectivity index (χ0) is 28.7. The highest BCUT2D eigenvalue weighted by atomic mass is 16.6. The van der Waals surface area contributed by atoms with Crippen molar-refractivity contribution in [3.8, 4) is 11.5 Å². The van der Waals surface area contributed by atoms with Gasteiger partial charge in [0, 0.05) is 12.8 Å². The molecular formula is C28H43NO8. The molecule has 0 aliphatic carbocycles. The van der Waals surface area contributed by atoms with E-state index in [9.17, 15) is 24.3 Å². The summed E-state index contributed by atoms with van der Waals surface area (Å²) >= 11 is 0. The van der Waals surface area contributed by atoms with Gasteiger partial charge in [0.2, 0.25) is 0 Å². The van der Waals surface area contributed by atoms with Gasteiger partial charge < -0.3 is 25.1 Å². The van der Waals surface area contributed by atoms with Gasteiger partial charge in [-0.25, -0.2) is 0 Å². The third-order valence-electron chi connectivity index (χ3n) is 6.56. The molecule has 208 valence electrons. The Balaban J connectivity index is 3.32. The van der Waals surface area contributed by atoms with E-state index >= 15 is 0 Å². The van der Waals surface area contributed by atoms with Crippen LogP contribution in [0.25, 0.3) is 0 Å². The maximum atomic E-state index is 12.7. The van der Waals surface area contributed by atoms with E-state index in [2.05, 4.69) is 0 Å². The van der Waals surface area contributed by atoms with Crippen molar-refractivity contribution in [2.45, 2.75) is 86.8 Å².